The molecule has 0 aliphatic carbocycles. The van der Waals surface area contributed by atoms with Crippen LogP contribution < -0.4 is 20.1 Å². The molecule has 0 spiro atoms. The standard InChI is InChI=1S/C20H23N3O6S/c1-28-17-9-8-15(12-16(17)23-30(2,26)27)21-19(24)13-5-3-6-14(11-13)22-20(25)18-7-4-10-29-18/h3,5-6,8-9,11-12,18,23H,4,7,10H2,1-2H3,(H,21,24)(H,22,25). The molecule has 2 aromatic carbocycles. The van der Waals surface area contributed by atoms with Crippen molar-refractivity contribution in [2.75, 3.05) is 35.3 Å². The highest BCUT2D eigenvalue weighted by Gasteiger charge is 2.23. The summed E-state index contributed by atoms with van der Waals surface area (Å²) in [4.78, 5) is 24.8. The summed E-state index contributed by atoms with van der Waals surface area (Å²) in [5.74, 6) is -0.340. The molecular weight excluding hydrogens is 410 g/mol. The van der Waals surface area contributed by atoms with E-state index in [1.165, 1.54) is 13.2 Å². The van der Waals surface area contributed by atoms with E-state index in [1.54, 1.807) is 36.4 Å². The number of sulfonamides is 1. The van der Waals surface area contributed by atoms with Crippen LogP contribution in [0.15, 0.2) is 42.5 Å². The van der Waals surface area contributed by atoms with Crippen molar-refractivity contribution in [2.45, 2.75) is 18.9 Å². The number of benzene rings is 2. The zero-order valence-corrected chi connectivity index (χ0v) is 17.4. The van der Waals surface area contributed by atoms with Crippen LogP contribution in [0.4, 0.5) is 17.1 Å². The van der Waals surface area contributed by atoms with E-state index in [2.05, 4.69) is 15.4 Å². The molecule has 3 rings (SSSR count). The van der Waals surface area contributed by atoms with Gasteiger partial charge in [-0.2, -0.15) is 0 Å². The second kappa shape index (κ2) is 9.14. The van der Waals surface area contributed by atoms with Crippen molar-refractivity contribution < 1.29 is 27.5 Å². The lowest BCUT2D eigenvalue weighted by Crippen LogP contribution is -2.27. The van der Waals surface area contributed by atoms with Crippen molar-refractivity contribution >= 4 is 38.9 Å². The Balaban J connectivity index is 1.72. The fourth-order valence-corrected chi connectivity index (χ4v) is 3.57. The average molecular weight is 433 g/mol. The molecule has 2 amide bonds. The number of carbonyl (C=O) groups excluding carboxylic acids is 2. The van der Waals surface area contributed by atoms with Gasteiger partial charge in [-0.1, -0.05) is 6.07 Å². The van der Waals surface area contributed by atoms with Crippen LogP contribution >= 0.6 is 0 Å². The van der Waals surface area contributed by atoms with Crippen molar-refractivity contribution in [3.8, 4) is 5.75 Å². The quantitative estimate of drug-likeness (QED) is 0.616. The van der Waals surface area contributed by atoms with Gasteiger partial charge >= 0.3 is 0 Å². The van der Waals surface area contributed by atoms with E-state index in [-0.39, 0.29) is 11.6 Å². The number of ether oxygens (including phenoxy) is 2. The summed E-state index contributed by atoms with van der Waals surface area (Å²) < 4.78 is 35.9. The lowest BCUT2D eigenvalue weighted by molar-refractivity contribution is -0.124. The molecule has 2 aromatic rings. The Morgan fingerprint density at radius 3 is 2.53 bits per heavy atom. The van der Waals surface area contributed by atoms with Crippen LogP contribution in [-0.4, -0.2) is 46.3 Å². The van der Waals surface area contributed by atoms with E-state index in [9.17, 15) is 18.0 Å². The minimum atomic E-state index is -3.52. The van der Waals surface area contributed by atoms with Gasteiger partial charge < -0.3 is 20.1 Å². The Morgan fingerprint density at radius 1 is 1.10 bits per heavy atom. The zero-order chi connectivity index (χ0) is 21.7. The molecule has 1 aliphatic heterocycles. The van der Waals surface area contributed by atoms with Crippen LogP contribution in [0.1, 0.15) is 23.2 Å². The van der Waals surface area contributed by atoms with Gasteiger partial charge in [-0.25, -0.2) is 8.42 Å². The fourth-order valence-electron chi connectivity index (χ4n) is 3.01. The predicted molar refractivity (Wildman–Crippen MR) is 113 cm³/mol. The lowest BCUT2D eigenvalue weighted by Gasteiger charge is -2.13. The molecule has 1 aliphatic rings. The summed E-state index contributed by atoms with van der Waals surface area (Å²) in [5, 5.41) is 5.46. The van der Waals surface area contributed by atoms with Crippen molar-refractivity contribution in [3.63, 3.8) is 0 Å². The maximum absolute atomic E-state index is 12.6. The summed E-state index contributed by atoms with van der Waals surface area (Å²) in [5.41, 5.74) is 1.39. The van der Waals surface area contributed by atoms with Gasteiger partial charge in [0.05, 0.1) is 19.1 Å². The van der Waals surface area contributed by atoms with Gasteiger partial charge in [0.2, 0.25) is 10.0 Å². The molecule has 1 fully saturated rings. The Morgan fingerprint density at radius 2 is 1.87 bits per heavy atom. The largest absolute Gasteiger partial charge is 0.495 e. The monoisotopic (exact) mass is 433 g/mol. The molecule has 0 bridgehead atoms. The highest BCUT2D eigenvalue weighted by Crippen LogP contribution is 2.29. The summed E-state index contributed by atoms with van der Waals surface area (Å²) in [6.07, 6.45) is 2.07. The topological polar surface area (TPSA) is 123 Å². The molecule has 30 heavy (non-hydrogen) atoms. The second-order valence-electron chi connectivity index (χ2n) is 6.82. The van der Waals surface area contributed by atoms with E-state index < -0.39 is 22.0 Å². The first-order valence-corrected chi connectivity index (χ1v) is 11.1. The molecule has 10 heteroatoms. The minimum absolute atomic E-state index is 0.204. The molecule has 0 radical (unpaired) electrons. The van der Waals surface area contributed by atoms with E-state index in [4.69, 9.17) is 9.47 Å². The Bertz CT molecular complexity index is 1050. The number of anilines is 3. The van der Waals surface area contributed by atoms with Gasteiger partial charge in [0, 0.05) is 23.5 Å². The van der Waals surface area contributed by atoms with Gasteiger partial charge in [-0.05, 0) is 49.2 Å². The Hall–Kier alpha value is -3.11. The van der Waals surface area contributed by atoms with Crippen molar-refractivity contribution in [2.24, 2.45) is 0 Å². The SMILES string of the molecule is COc1ccc(NC(=O)c2cccc(NC(=O)C3CCCO3)c2)cc1NS(C)(=O)=O. The third-order valence-electron chi connectivity index (χ3n) is 4.37. The molecule has 9 nitrogen and oxygen atoms in total. The number of hydrogen-bond donors (Lipinski definition) is 3. The van der Waals surface area contributed by atoms with Gasteiger partial charge in [0.1, 0.15) is 11.9 Å². The van der Waals surface area contributed by atoms with Crippen LogP contribution in [0, 0.1) is 0 Å². The molecule has 1 saturated heterocycles. The van der Waals surface area contributed by atoms with Crippen LogP contribution in [0.5, 0.6) is 5.75 Å². The van der Waals surface area contributed by atoms with E-state index in [0.29, 0.717) is 35.7 Å². The van der Waals surface area contributed by atoms with Crippen molar-refractivity contribution in [3.05, 3.63) is 48.0 Å². The van der Waals surface area contributed by atoms with E-state index in [0.717, 1.165) is 12.7 Å². The molecule has 0 aromatic heterocycles. The normalized spacial score (nSPS) is 16.0. The number of amides is 2. The molecule has 1 heterocycles. The highest BCUT2D eigenvalue weighted by molar-refractivity contribution is 7.92. The van der Waals surface area contributed by atoms with Crippen LogP contribution in [0.25, 0.3) is 0 Å². The van der Waals surface area contributed by atoms with Crippen LogP contribution in [0.3, 0.4) is 0 Å². The zero-order valence-electron chi connectivity index (χ0n) is 16.6. The number of methoxy groups -OCH3 is 1. The summed E-state index contributed by atoms with van der Waals surface area (Å²) >= 11 is 0. The van der Waals surface area contributed by atoms with Crippen LogP contribution in [-0.2, 0) is 19.6 Å². The number of rotatable bonds is 7. The number of carbonyl (C=O) groups is 2. The summed E-state index contributed by atoms with van der Waals surface area (Å²) in [6, 6.07) is 11.1. The van der Waals surface area contributed by atoms with E-state index in [1.807, 2.05) is 0 Å². The predicted octanol–water partition coefficient (Wildman–Crippen LogP) is 2.44. The molecular formula is C20H23N3O6S. The first kappa shape index (κ1) is 21.6. The van der Waals surface area contributed by atoms with Gasteiger partial charge in [0.15, 0.2) is 0 Å². The van der Waals surface area contributed by atoms with Crippen LogP contribution in [0.2, 0.25) is 0 Å². The summed E-state index contributed by atoms with van der Waals surface area (Å²) in [6.45, 7) is 0.568. The van der Waals surface area contributed by atoms with Crippen molar-refractivity contribution in [1.29, 1.82) is 0 Å². The number of hydrogen-bond acceptors (Lipinski definition) is 6. The third-order valence-corrected chi connectivity index (χ3v) is 4.96. The molecule has 0 saturated carbocycles. The molecule has 3 N–H and O–H groups in total. The average Bonchev–Trinajstić information content (AvgIpc) is 3.22. The maximum Gasteiger partial charge on any atom is 0.255 e. The minimum Gasteiger partial charge on any atom is -0.495 e. The number of nitrogens with one attached hydrogen (secondary N) is 3. The first-order valence-electron chi connectivity index (χ1n) is 9.25. The van der Waals surface area contributed by atoms with Gasteiger partial charge in [0.25, 0.3) is 11.8 Å². The first-order chi connectivity index (χ1) is 14.2. The van der Waals surface area contributed by atoms with Gasteiger partial charge in [-0.15, -0.1) is 0 Å². The third kappa shape index (κ3) is 5.71. The molecule has 1 unspecified atom stereocenters. The highest BCUT2D eigenvalue weighted by atomic mass is 32.2. The fraction of sp³-hybridized carbons (Fsp3) is 0.300. The van der Waals surface area contributed by atoms with Gasteiger partial charge in [-0.3, -0.25) is 14.3 Å². The maximum atomic E-state index is 12.6. The lowest BCUT2D eigenvalue weighted by atomic mass is 10.1. The second-order valence-corrected chi connectivity index (χ2v) is 8.56. The molecule has 160 valence electrons. The Kier molecular flexibility index (Phi) is 6.58. The van der Waals surface area contributed by atoms with Crippen molar-refractivity contribution in [1.82, 2.24) is 0 Å². The Labute approximate surface area is 174 Å². The molecule has 1 atom stereocenters. The smallest absolute Gasteiger partial charge is 0.255 e. The summed E-state index contributed by atoms with van der Waals surface area (Å²) in [7, 11) is -2.11. The van der Waals surface area contributed by atoms with E-state index >= 15 is 0 Å².